The molecule has 1 N–H and O–H groups in total. The standard InChI is InChI=1S/C19H23N3O6S2/c1-3-10-29(25,26)21-9-8-15-5-6-17(11-16(15)13-21)20-30(27,28)19-12-18(22(23)24)7-4-14(19)2/h4-7,11-12,20H,3,8-10,13H2,1-2H3. The maximum absolute atomic E-state index is 12.8. The molecule has 0 aromatic heterocycles. The lowest BCUT2D eigenvalue weighted by Gasteiger charge is -2.28. The molecular weight excluding hydrogens is 430 g/mol. The molecular formula is C19H23N3O6S2. The second-order valence-electron chi connectivity index (χ2n) is 7.20. The Labute approximate surface area is 176 Å². The predicted octanol–water partition coefficient (Wildman–Crippen LogP) is 2.80. The van der Waals surface area contributed by atoms with Gasteiger partial charge >= 0.3 is 0 Å². The van der Waals surface area contributed by atoms with Gasteiger partial charge in [-0.25, -0.2) is 16.8 Å². The van der Waals surface area contributed by atoms with Crippen LogP contribution >= 0.6 is 0 Å². The van der Waals surface area contributed by atoms with Gasteiger partial charge in [0.15, 0.2) is 0 Å². The van der Waals surface area contributed by atoms with Crippen LogP contribution in [-0.2, 0) is 33.0 Å². The van der Waals surface area contributed by atoms with Crippen LogP contribution in [0.25, 0.3) is 0 Å². The average molecular weight is 454 g/mol. The predicted molar refractivity (Wildman–Crippen MR) is 113 cm³/mol. The van der Waals surface area contributed by atoms with Gasteiger partial charge in [0.25, 0.3) is 15.7 Å². The van der Waals surface area contributed by atoms with Crippen molar-refractivity contribution in [3.63, 3.8) is 0 Å². The van der Waals surface area contributed by atoms with Gasteiger partial charge in [-0.2, -0.15) is 4.31 Å². The summed E-state index contributed by atoms with van der Waals surface area (Å²) in [5, 5.41) is 11.0. The van der Waals surface area contributed by atoms with E-state index in [0.29, 0.717) is 24.9 Å². The first-order chi connectivity index (χ1) is 14.0. The van der Waals surface area contributed by atoms with Crippen molar-refractivity contribution in [3.05, 3.63) is 63.2 Å². The molecule has 0 radical (unpaired) electrons. The van der Waals surface area contributed by atoms with E-state index in [1.807, 2.05) is 0 Å². The number of nitrogens with zero attached hydrogens (tertiary/aromatic N) is 2. The number of rotatable bonds is 7. The Morgan fingerprint density at radius 3 is 2.50 bits per heavy atom. The highest BCUT2D eigenvalue weighted by Crippen LogP contribution is 2.28. The number of aryl methyl sites for hydroxylation is 1. The van der Waals surface area contributed by atoms with Crippen molar-refractivity contribution in [2.24, 2.45) is 0 Å². The van der Waals surface area contributed by atoms with Gasteiger partial charge in [-0.3, -0.25) is 14.8 Å². The third kappa shape index (κ3) is 4.63. The van der Waals surface area contributed by atoms with E-state index in [9.17, 15) is 26.9 Å². The van der Waals surface area contributed by atoms with Crippen LogP contribution in [0.4, 0.5) is 11.4 Å². The second kappa shape index (κ2) is 8.32. The number of fused-ring (bicyclic) bond motifs is 1. The van der Waals surface area contributed by atoms with E-state index in [1.165, 1.54) is 16.4 Å². The summed E-state index contributed by atoms with van der Waals surface area (Å²) in [5.74, 6) is 0.0702. The maximum atomic E-state index is 12.8. The van der Waals surface area contributed by atoms with Gasteiger partial charge in [-0.1, -0.05) is 19.1 Å². The van der Waals surface area contributed by atoms with Crippen LogP contribution in [-0.4, -0.2) is 38.4 Å². The topological polar surface area (TPSA) is 127 Å². The summed E-state index contributed by atoms with van der Waals surface area (Å²) in [6, 6.07) is 8.66. The van der Waals surface area contributed by atoms with Gasteiger partial charge in [-0.05, 0) is 48.6 Å². The molecule has 1 aliphatic rings. The van der Waals surface area contributed by atoms with Crippen LogP contribution in [0, 0.1) is 17.0 Å². The summed E-state index contributed by atoms with van der Waals surface area (Å²) >= 11 is 0. The lowest BCUT2D eigenvalue weighted by Crippen LogP contribution is -2.37. The Hall–Kier alpha value is -2.50. The van der Waals surface area contributed by atoms with Gasteiger partial charge in [0.1, 0.15) is 0 Å². The first-order valence-corrected chi connectivity index (χ1v) is 12.5. The van der Waals surface area contributed by atoms with Crippen molar-refractivity contribution >= 4 is 31.4 Å². The average Bonchev–Trinajstić information content (AvgIpc) is 2.67. The summed E-state index contributed by atoms with van der Waals surface area (Å²) in [7, 11) is -7.42. The number of nitrogens with one attached hydrogen (secondary N) is 1. The normalized spacial score (nSPS) is 14.9. The molecule has 2 aromatic carbocycles. The highest BCUT2D eigenvalue weighted by atomic mass is 32.2. The Kier molecular flexibility index (Phi) is 6.16. The number of nitro groups is 1. The minimum atomic E-state index is -4.06. The molecule has 0 saturated carbocycles. The van der Waals surface area contributed by atoms with E-state index in [2.05, 4.69) is 4.72 Å². The molecule has 0 aliphatic carbocycles. The molecule has 3 rings (SSSR count). The second-order valence-corrected chi connectivity index (χ2v) is 10.9. The summed E-state index contributed by atoms with van der Waals surface area (Å²) < 4.78 is 54.3. The van der Waals surface area contributed by atoms with Crippen molar-refractivity contribution in [3.8, 4) is 0 Å². The van der Waals surface area contributed by atoms with Gasteiger partial charge in [0.05, 0.1) is 15.6 Å². The third-order valence-corrected chi connectivity index (χ3v) is 8.51. The van der Waals surface area contributed by atoms with Gasteiger partial charge < -0.3 is 0 Å². The number of sulfonamides is 2. The third-order valence-electron chi connectivity index (χ3n) is 4.96. The molecule has 11 heteroatoms. The van der Waals surface area contributed by atoms with E-state index < -0.39 is 25.0 Å². The molecule has 0 fully saturated rings. The fourth-order valence-corrected chi connectivity index (χ4v) is 6.22. The molecule has 1 aliphatic heterocycles. The minimum absolute atomic E-state index is 0.0702. The van der Waals surface area contributed by atoms with Gasteiger partial charge in [-0.15, -0.1) is 0 Å². The number of benzene rings is 2. The first-order valence-electron chi connectivity index (χ1n) is 9.41. The smallest absolute Gasteiger partial charge is 0.270 e. The van der Waals surface area contributed by atoms with E-state index in [0.717, 1.165) is 17.2 Å². The molecule has 162 valence electrons. The van der Waals surface area contributed by atoms with Crippen molar-refractivity contribution in [2.45, 2.75) is 38.1 Å². The molecule has 1 heterocycles. The van der Waals surface area contributed by atoms with Crippen molar-refractivity contribution in [2.75, 3.05) is 17.0 Å². The maximum Gasteiger partial charge on any atom is 0.270 e. The summed E-state index contributed by atoms with van der Waals surface area (Å²) in [6.45, 7) is 3.94. The zero-order valence-electron chi connectivity index (χ0n) is 16.7. The van der Waals surface area contributed by atoms with Crippen LogP contribution in [0.2, 0.25) is 0 Å². The molecule has 0 atom stereocenters. The number of hydrogen-bond donors (Lipinski definition) is 1. The first kappa shape index (κ1) is 22.2. The van der Waals surface area contributed by atoms with Gasteiger partial charge in [0, 0.05) is 30.9 Å². The number of hydrogen-bond acceptors (Lipinski definition) is 6. The molecule has 9 nitrogen and oxygen atoms in total. The molecule has 0 saturated heterocycles. The number of nitro benzene ring substituents is 1. The van der Waals surface area contributed by atoms with E-state index >= 15 is 0 Å². The van der Waals surface area contributed by atoms with E-state index in [1.54, 1.807) is 32.0 Å². The lowest BCUT2D eigenvalue weighted by molar-refractivity contribution is -0.385. The van der Waals surface area contributed by atoms with E-state index in [-0.39, 0.29) is 28.6 Å². The summed E-state index contributed by atoms with van der Waals surface area (Å²) in [4.78, 5) is 10.2. The highest BCUT2D eigenvalue weighted by molar-refractivity contribution is 7.92. The van der Waals surface area contributed by atoms with Crippen LogP contribution in [0.5, 0.6) is 0 Å². The zero-order valence-corrected chi connectivity index (χ0v) is 18.3. The Morgan fingerprint density at radius 2 is 1.83 bits per heavy atom. The van der Waals surface area contributed by atoms with E-state index in [4.69, 9.17) is 0 Å². The molecule has 2 aromatic rings. The van der Waals surface area contributed by atoms with Crippen molar-refractivity contribution < 1.29 is 21.8 Å². The lowest BCUT2D eigenvalue weighted by atomic mass is 10.0. The summed E-state index contributed by atoms with van der Waals surface area (Å²) in [6.07, 6.45) is 1.07. The Bertz CT molecular complexity index is 1190. The highest BCUT2D eigenvalue weighted by Gasteiger charge is 2.27. The van der Waals surface area contributed by atoms with Crippen LogP contribution in [0.15, 0.2) is 41.3 Å². The van der Waals surface area contributed by atoms with Gasteiger partial charge in [0.2, 0.25) is 10.0 Å². The Morgan fingerprint density at radius 1 is 1.10 bits per heavy atom. The zero-order chi connectivity index (χ0) is 22.1. The molecule has 0 spiro atoms. The van der Waals surface area contributed by atoms with Crippen molar-refractivity contribution in [1.29, 1.82) is 0 Å². The molecule has 0 unspecified atom stereocenters. The molecule has 30 heavy (non-hydrogen) atoms. The molecule has 0 bridgehead atoms. The Balaban J connectivity index is 1.89. The van der Waals surface area contributed by atoms with Crippen LogP contribution in [0.1, 0.15) is 30.0 Å². The monoisotopic (exact) mass is 453 g/mol. The fraction of sp³-hybridized carbons (Fsp3) is 0.368. The van der Waals surface area contributed by atoms with Crippen LogP contribution < -0.4 is 4.72 Å². The summed E-state index contributed by atoms with van der Waals surface area (Å²) in [5.41, 5.74) is 2.03. The number of non-ortho nitro benzene ring substituents is 1. The van der Waals surface area contributed by atoms with Crippen LogP contribution in [0.3, 0.4) is 0 Å². The largest absolute Gasteiger partial charge is 0.280 e. The SMILES string of the molecule is CCCS(=O)(=O)N1CCc2ccc(NS(=O)(=O)c3cc([N+](=O)[O-])ccc3C)cc2C1. The minimum Gasteiger partial charge on any atom is -0.280 e. The molecule has 0 amide bonds. The quantitative estimate of drug-likeness (QED) is 0.507. The fourth-order valence-electron chi connectivity index (χ4n) is 3.42. The van der Waals surface area contributed by atoms with Crippen molar-refractivity contribution in [1.82, 2.24) is 4.31 Å². The number of anilines is 1.